The Bertz CT molecular complexity index is 1190. The maximum absolute atomic E-state index is 5.25. The van der Waals surface area contributed by atoms with Crippen LogP contribution in [-0.2, 0) is 7.05 Å². The van der Waals surface area contributed by atoms with E-state index in [-0.39, 0.29) is 0 Å². The molecular weight excluding hydrogens is 354 g/mol. The van der Waals surface area contributed by atoms with Crippen LogP contribution in [0.5, 0.6) is 5.88 Å². The van der Waals surface area contributed by atoms with E-state index >= 15 is 0 Å². The van der Waals surface area contributed by atoms with E-state index < -0.39 is 0 Å². The first-order valence-electron chi connectivity index (χ1n) is 9.29. The standard InChI is InChI=1S/C20H21N7O/c1-11-7-12(2)27-20(22-11)23-19(25-27)17-10-16(24-26(17)3)15-9-14(15)13-5-6-21-18(8-13)28-4/h5-8,10,14-15H,9H2,1-4H3. The van der Waals surface area contributed by atoms with Gasteiger partial charge in [0.2, 0.25) is 11.7 Å². The normalized spacial score (nSPS) is 18.6. The lowest BCUT2D eigenvalue weighted by Gasteiger charge is -2.02. The number of pyridine rings is 1. The maximum Gasteiger partial charge on any atom is 0.253 e. The third-order valence-electron chi connectivity index (χ3n) is 5.31. The molecule has 5 rings (SSSR count). The number of aryl methyl sites for hydroxylation is 3. The molecule has 0 bridgehead atoms. The zero-order valence-corrected chi connectivity index (χ0v) is 16.3. The summed E-state index contributed by atoms with van der Waals surface area (Å²) in [5.74, 6) is 2.75. The molecule has 4 aromatic rings. The molecule has 0 radical (unpaired) electrons. The van der Waals surface area contributed by atoms with Crippen LogP contribution in [0.15, 0.2) is 30.5 Å². The molecule has 1 aliphatic carbocycles. The molecule has 4 aromatic heterocycles. The average molecular weight is 375 g/mol. The first kappa shape index (κ1) is 16.9. The molecule has 2 atom stereocenters. The van der Waals surface area contributed by atoms with Gasteiger partial charge in [-0.05, 0) is 49.9 Å². The molecular formula is C20H21N7O. The molecule has 8 nitrogen and oxygen atoms in total. The molecule has 0 aliphatic heterocycles. The summed E-state index contributed by atoms with van der Waals surface area (Å²) >= 11 is 0. The van der Waals surface area contributed by atoms with Gasteiger partial charge in [-0.2, -0.15) is 10.1 Å². The Kier molecular flexibility index (Phi) is 3.68. The summed E-state index contributed by atoms with van der Waals surface area (Å²) in [4.78, 5) is 13.3. The molecule has 0 spiro atoms. The second-order valence-electron chi connectivity index (χ2n) is 7.34. The summed E-state index contributed by atoms with van der Waals surface area (Å²) in [6.07, 6.45) is 2.87. The summed E-state index contributed by atoms with van der Waals surface area (Å²) in [5.41, 5.74) is 5.15. The molecule has 0 saturated heterocycles. The van der Waals surface area contributed by atoms with Gasteiger partial charge in [0.15, 0.2) is 0 Å². The monoisotopic (exact) mass is 375 g/mol. The highest BCUT2D eigenvalue weighted by atomic mass is 16.5. The molecule has 28 heavy (non-hydrogen) atoms. The van der Waals surface area contributed by atoms with Gasteiger partial charge in [0, 0.05) is 36.6 Å². The minimum atomic E-state index is 0.395. The SMILES string of the molecule is COc1cc(C2CC2c2cc(-c3nc4nc(C)cc(C)n4n3)n(C)n2)ccn1. The van der Waals surface area contributed by atoms with E-state index in [2.05, 4.69) is 32.2 Å². The van der Waals surface area contributed by atoms with E-state index in [0.29, 0.717) is 29.3 Å². The minimum absolute atomic E-state index is 0.395. The van der Waals surface area contributed by atoms with Crippen LogP contribution < -0.4 is 4.74 Å². The van der Waals surface area contributed by atoms with Crippen LogP contribution in [0.4, 0.5) is 0 Å². The lowest BCUT2D eigenvalue weighted by molar-refractivity contribution is 0.397. The summed E-state index contributed by atoms with van der Waals surface area (Å²) < 4.78 is 8.88. The van der Waals surface area contributed by atoms with Crippen molar-refractivity contribution >= 4 is 5.78 Å². The van der Waals surface area contributed by atoms with Crippen LogP contribution in [0.3, 0.4) is 0 Å². The molecule has 0 aromatic carbocycles. The number of fused-ring (bicyclic) bond motifs is 1. The first-order chi connectivity index (χ1) is 13.5. The van der Waals surface area contributed by atoms with Gasteiger partial charge in [-0.3, -0.25) is 4.68 Å². The van der Waals surface area contributed by atoms with Crippen molar-refractivity contribution in [3.8, 4) is 17.4 Å². The van der Waals surface area contributed by atoms with E-state index in [1.165, 1.54) is 5.56 Å². The van der Waals surface area contributed by atoms with Gasteiger partial charge in [0.25, 0.3) is 5.78 Å². The van der Waals surface area contributed by atoms with Crippen molar-refractivity contribution in [1.82, 2.24) is 34.3 Å². The van der Waals surface area contributed by atoms with Crippen LogP contribution in [0.1, 0.15) is 40.9 Å². The molecule has 2 unspecified atom stereocenters. The number of rotatable bonds is 4. The van der Waals surface area contributed by atoms with Crippen molar-refractivity contribution in [3.63, 3.8) is 0 Å². The Balaban J connectivity index is 1.46. The maximum atomic E-state index is 5.25. The fraction of sp³-hybridized carbons (Fsp3) is 0.350. The topological polar surface area (TPSA) is 83.0 Å². The number of aromatic nitrogens is 7. The Morgan fingerprint density at radius 1 is 1.07 bits per heavy atom. The second-order valence-corrected chi connectivity index (χ2v) is 7.34. The van der Waals surface area contributed by atoms with Gasteiger partial charge in [-0.15, -0.1) is 5.10 Å². The minimum Gasteiger partial charge on any atom is -0.481 e. The molecule has 1 saturated carbocycles. The number of methoxy groups -OCH3 is 1. The average Bonchev–Trinajstić information content (AvgIpc) is 3.22. The number of hydrogen-bond acceptors (Lipinski definition) is 6. The fourth-order valence-electron chi connectivity index (χ4n) is 3.81. The second kappa shape index (κ2) is 6.12. The summed E-state index contributed by atoms with van der Waals surface area (Å²) in [6, 6.07) is 8.16. The van der Waals surface area contributed by atoms with E-state index in [9.17, 15) is 0 Å². The summed E-state index contributed by atoms with van der Waals surface area (Å²) in [5, 5.41) is 9.37. The Labute approximate surface area is 162 Å². The Hall–Kier alpha value is -3.29. The zero-order chi connectivity index (χ0) is 19.4. The van der Waals surface area contributed by atoms with Crippen molar-refractivity contribution < 1.29 is 4.74 Å². The molecule has 8 heteroatoms. The van der Waals surface area contributed by atoms with E-state index in [4.69, 9.17) is 9.84 Å². The highest BCUT2D eigenvalue weighted by Crippen LogP contribution is 2.54. The fourth-order valence-corrected chi connectivity index (χ4v) is 3.81. The van der Waals surface area contributed by atoms with Crippen LogP contribution in [0.25, 0.3) is 17.3 Å². The smallest absolute Gasteiger partial charge is 0.253 e. The van der Waals surface area contributed by atoms with Crippen LogP contribution in [0.2, 0.25) is 0 Å². The molecule has 1 aliphatic rings. The van der Waals surface area contributed by atoms with Crippen molar-refractivity contribution in [1.29, 1.82) is 0 Å². The predicted octanol–water partition coefficient (Wildman–Crippen LogP) is 2.82. The van der Waals surface area contributed by atoms with Crippen LogP contribution in [-0.4, -0.2) is 41.5 Å². The van der Waals surface area contributed by atoms with Gasteiger partial charge in [0.1, 0.15) is 5.69 Å². The molecule has 0 amide bonds. The highest BCUT2D eigenvalue weighted by molar-refractivity contribution is 5.54. The molecule has 142 valence electrons. The third kappa shape index (κ3) is 2.72. The van der Waals surface area contributed by atoms with Gasteiger partial charge >= 0.3 is 0 Å². The molecule has 0 N–H and O–H groups in total. The number of hydrogen-bond donors (Lipinski definition) is 0. The quantitative estimate of drug-likeness (QED) is 0.545. The van der Waals surface area contributed by atoms with Crippen LogP contribution >= 0.6 is 0 Å². The largest absolute Gasteiger partial charge is 0.481 e. The summed E-state index contributed by atoms with van der Waals surface area (Å²) in [6.45, 7) is 3.97. The van der Waals surface area contributed by atoms with E-state index in [1.54, 1.807) is 17.8 Å². The Morgan fingerprint density at radius 2 is 1.93 bits per heavy atom. The number of nitrogens with zero attached hydrogens (tertiary/aromatic N) is 7. The van der Waals surface area contributed by atoms with Crippen molar-refractivity contribution in [2.75, 3.05) is 7.11 Å². The van der Waals surface area contributed by atoms with Gasteiger partial charge in [-0.1, -0.05) is 0 Å². The van der Waals surface area contributed by atoms with Crippen molar-refractivity contribution in [2.45, 2.75) is 32.1 Å². The van der Waals surface area contributed by atoms with Crippen molar-refractivity contribution in [3.05, 3.63) is 53.1 Å². The van der Waals surface area contributed by atoms with Crippen molar-refractivity contribution in [2.24, 2.45) is 7.05 Å². The molecule has 4 heterocycles. The van der Waals surface area contributed by atoms with Gasteiger partial charge in [0.05, 0.1) is 12.8 Å². The lowest BCUT2D eigenvalue weighted by atomic mass is 10.1. The van der Waals surface area contributed by atoms with E-state index in [0.717, 1.165) is 29.2 Å². The van der Waals surface area contributed by atoms with Gasteiger partial charge < -0.3 is 4.74 Å². The molecule has 1 fully saturated rings. The lowest BCUT2D eigenvalue weighted by Crippen LogP contribution is -1.98. The summed E-state index contributed by atoms with van der Waals surface area (Å²) in [7, 11) is 3.57. The van der Waals surface area contributed by atoms with E-state index in [1.807, 2.05) is 37.7 Å². The highest BCUT2D eigenvalue weighted by Gasteiger charge is 2.42. The Morgan fingerprint density at radius 3 is 2.75 bits per heavy atom. The third-order valence-corrected chi connectivity index (χ3v) is 5.31. The first-order valence-corrected chi connectivity index (χ1v) is 9.29. The zero-order valence-electron chi connectivity index (χ0n) is 16.3. The van der Waals surface area contributed by atoms with Gasteiger partial charge in [-0.25, -0.2) is 14.5 Å². The van der Waals surface area contributed by atoms with Crippen LogP contribution in [0, 0.1) is 13.8 Å². The predicted molar refractivity (Wildman–Crippen MR) is 103 cm³/mol. The number of ether oxygens (including phenoxy) is 1.